The van der Waals surface area contributed by atoms with Crippen molar-refractivity contribution in [3.63, 3.8) is 0 Å². The lowest BCUT2D eigenvalue weighted by molar-refractivity contribution is 0.252. The van der Waals surface area contributed by atoms with Gasteiger partial charge < -0.3 is 15.2 Å². The fourth-order valence-corrected chi connectivity index (χ4v) is 2.62. The number of nitrogens with one attached hydrogen (secondary N) is 2. The van der Waals surface area contributed by atoms with E-state index in [1.54, 1.807) is 42.5 Å². The van der Waals surface area contributed by atoms with E-state index in [-0.39, 0.29) is 10.9 Å². The largest absolute Gasteiger partial charge is 0.504 e. The molecule has 0 aromatic heterocycles. The number of para-hydroxylation sites is 1. The van der Waals surface area contributed by atoms with Gasteiger partial charge in [0.15, 0.2) is 16.6 Å². The predicted octanol–water partition coefficient (Wildman–Crippen LogP) is 4.43. The Morgan fingerprint density at radius 2 is 2.04 bits per heavy atom. The van der Waals surface area contributed by atoms with E-state index in [1.165, 1.54) is 6.21 Å². The lowest BCUT2D eigenvalue weighted by atomic mass is 10.2. The van der Waals surface area contributed by atoms with Crippen molar-refractivity contribution in [2.75, 3.05) is 11.9 Å². The third kappa shape index (κ3) is 6.16. The molecule has 0 aliphatic rings. The van der Waals surface area contributed by atoms with Crippen molar-refractivity contribution >= 4 is 41.0 Å². The highest BCUT2D eigenvalue weighted by molar-refractivity contribution is 7.99. The Morgan fingerprint density at radius 3 is 2.69 bits per heavy atom. The van der Waals surface area contributed by atoms with Crippen molar-refractivity contribution in [3.05, 3.63) is 48.0 Å². The first-order chi connectivity index (χ1) is 12.5. The average Bonchev–Trinajstić information content (AvgIpc) is 2.59. The molecule has 3 N–H and O–H groups in total. The van der Waals surface area contributed by atoms with Gasteiger partial charge in [-0.3, -0.25) is 5.43 Å². The second-order valence-corrected chi connectivity index (χ2v) is 6.33. The van der Waals surface area contributed by atoms with E-state index in [0.29, 0.717) is 40.3 Å². The number of benzene rings is 2. The molecule has 0 atom stereocenters. The lowest BCUT2D eigenvalue weighted by Gasteiger charge is -2.09. The topological polar surface area (TPSA) is 65.9 Å². The number of alkyl halides is 2. The Bertz CT molecular complexity index is 771. The van der Waals surface area contributed by atoms with Crippen molar-refractivity contribution in [2.45, 2.75) is 17.6 Å². The van der Waals surface area contributed by atoms with Gasteiger partial charge in [0.2, 0.25) is 0 Å². The molecule has 2 aromatic carbocycles. The van der Waals surface area contributed by atoms with Crippen LogP contribution in [0.15, 0.2) is 52.5 Å². The minimum Gasteiger partial charge on any atom is -0.504 e. The van der Waals surface area contributed by atoms with Crippen LogP contribution in [0, 0.1) is 0 Å². The molecule has 0 spiro atoms. The molecule has 2 rings (SSSR count). The number of hydrazone groups is 1. The molecule has 2 aromatic rings. The highest BCUT2D eigenvalue weighted by Crippen LogP contribution is 2.28. The number of hydrogen-bond acceptors (Lipinski definition) is 5. The molecule has 0 bridgehead atoms. The highest BCUT2D eigenvalue weighted by atomic mass is 32.2. The van der Waals surface area contributed by atoms with Crippen LogP contribution in [0.2, 0.25) is 0 Å². The summed E-state index contributed by atoms with van der Waals surface area (Å²) in [5, 5.41) is 17.1. The molecular weight excluding hydrogens is 380 g/mol. The van der Waals surface area contributed by atoms with Crippen LogP contribution < -0.4 is 15.5 Å². The Morgan fingerprint density at radius 1 is 1.31 bits per heavy atom. The fraction of sp³-hybridized carbons (Fsp3) is 0.176. The number of aromatic hydroxyl groups is 1. The number of nitrogens with zero attached hydrogens (tertiary/aromatic N) is 1. The smallest absolute Gasteiger partial charge is 0.288 e. The normalized spacial score (nSPS) is 10.9. The summed E-state index contributed by atoms with van der Waals surface area (Å²) in [5.41, 5.74) is 3.73. The zero-order valence-electron chi connectivity index (χ0n) is 13.8. The van der Waals surface area contributed by atoms with Gasteiger partial charge in [-0.05, 0) is 55.5 Å². The maximum absolute atomic E-state index is 12.3. The van der Waals surface area contributed by atoms with Crippen molar-refractivity contribution in [1.82, 2.24) is 5.43 Å². The summed E-state index contributed by atoms with van der Waals surface area (Å²) >= 11 is 5.58. The Hall–Kier alpha value is -2.39. The second-order valence-electron chi connectivity index (χ2n) is 4.85. The van der Waals surface area contributed by atoms with Crippen LogP contribution in [0.25, 0.3) is 0 Å². The zero-order chi connectivity index (χ0) is 18.9. The van der Waals surface area contributed by atoms with Gasteiger partial charge in [-0.2, -0.15) is 13.9 Å². The third-order valence-corrected chi connectivity index (χ3v) is 3.95. The number of thiocarbonyl (C=S) groups is 1. The summed E-state index contributed by atoms with van der Waals surface area (Å²) in [6.45, 7) is 2.26. The molecule has 0 aliphatic heterocycles. The van der Waals surface area contributed by atoms with E-state index in [2.05, 4.69) is 15.8 Å². The minimum atomic E-state index is -2.46. The van der Waals surface area contributed by atoms with Gasteiger partial charge in [0.25, 0.3) is 5.76 Å². The zero-order valence-corrected chi connectivity index (χ0v) is 15.4. The van der Waals surface area contributed by atoms with Gasteiger partial charge in [0.05, 0.1) is 12.8 Å². The predicted molar refractivity (Wildman–Crippen MR) is 105 cm³/mol. The molecule has 0 saturated carbocycles. The van der Waals surface area contributed by atoms with E-state index in [4.69, 9.17) is 17.0 Å². The fourth-order valence-electron chi connectivity index (χ4n) is 1.95. The molecule has 138 valence electrons. The number of anilines is 1. The van der Waals surface area contributed by atoms with Crippen LogP contribution in [0.4, 0.5) is 14.5 Å². The van der Waals surface area contributed by atoms with E-state index in [9.17, 15) is 13.9 Å². The highest BCUT2D eigenvalue weighted by Gasteiger charge is 2.06. The van der Waals surface area contributed by atoms with Crippen LogP contribution in [0.3, 0.4) is 0 Å². The van der Waals surface area contributed by atoms with Crippen LogP contribution in [0.5, 0.6) is 11.5 Å². The minimum absolute atomic E-state index is 0.00843. The van der Waals surface area contributed by atoms with E-state index < -0.39 is 5.76 Å². The van der Waals surface area contributed by atoms with Crippen molar-refractivity contribution in [1.29, 1.82) is 0 Å². The Balaban J connectivity index is 1.90. The molecule has 0 saturated heterocycles. The molecule has 0 amide bonds. The van der Waals surface area contributed by atoms with E-state index in [0.717, 1.165) is 0 Å². The van der Waals surface area contributed by atoms with Gasteiger partial charge in [0, 0.05) is 16.1 Å². The Kier molecular flexibility index (Phi) is 7.61. The summed E-state index contributed by atoms with van der Waals surface area (Å²) < 4.78 is 29.9. The number of phenols is 1. The van der Waals surface area contributed by atoms with Gasteiger partial charge in [-0.1, -0.05) is 17.8 Å². The lowest BCUT2D eigenvalue weighted by Crippen LogP contribution is -2.23. The number of hydrogen-bond donors (Lipinski definition) is 3. The van der Waals surface area contributed by atoms with E-state index in [1.807, 2.05) is 6.92 Å². The maximum Gasteiger partial charge on any atom is 0.288 e. The molecule has 9 heteroatoms. The maximum atomic E-state index is 12.3. The van der Waals surface area contributed by atoms with Gasteiger partial charge >= 0.3 is 0 Å². The van der Waals surface area contributed by atoms with Gasteiger partial charge in [-0.25, -0.2) is 0 Å². The number of ether oxygens (including phenoxy) is 1. The summed E-state index contributed by atoms with van der Waals surface area (Å²) in [4.78, 5) is 0.465. The molecule has 0 aliphatic carbocycles. The average molecular weight is 397 g/mol. The monoisotopic (exact) mass is 397 g/mol. The SMILES string of the molecule is CCOc1cccc(/C=N/NC(=S)Nc2ccc(SC(F)F)cc2)c1O. The summed E-state index contributed by atoms with van der Waals surface area (Å²) in [5.74, 6) is -2.09. The molecule has 5 nitrogen and oxygen atoms in total. The summed E-state index contributed by atoms with van der Waals surface area (Å²) in [6, 6.07) is 11.5. The first-order valence-electron chi connectivity index (χ1n) is 7.59. The molecule has 0 unspecified atom stereocenters. The van der Waals surface area contributed by atoms with Crippen molar-refractivity contribution < 1.29 is 18.6 Å². The van der Waals surface area contributed by atoms with Gasteiger partial charge in [-0.15, -0.1) is 0 Å². The Labute approximate surface area is 159 Å². The first-order valence-corrected chi connectivity index (χ1v) is 8.88. The standard InChI is InChI=1S/C17H17F2N3O2S2/c1-2-24-14-5-3-4-11(15(14)23)10-20-22-17(25)21-12-6-8-13(9-7-12)26-16(18)19/h3-10,16,23H,2H2,1H3,(H2,21,22,25)/b20-10+. The quantitative estimate of drug-likeness (QED) is 0.278. The first kappa shape index (κ1) is 19.9. The van der Waals surface area contributed by atoms with Crippen molar-refractivity contribution in [2.24, 2.45) is 5.10 Å². The molecule has 0 radical (unpaired) electrons. The number of halogens is 2. The number of phenolic OH excluding ortho intramolecular Hbond substituents is 1. The summed E-state index contributed by atoms with van der Waals surface area (Å²) in [7, 11) is 0. The third-order valence-electron chi connectivity index (χ3n) is 3.04. The molecule has 0 fully saturated rings. The molecular formula is C17H17F2N3O2S2. The second kappa shape index (κ2) is 9.93. The van der Waals surface area contributed by atoms with Crippen LogP contribution in [-0.4, -0.2) is 28.8 Å². The van der Waals surface area contributed by atoms with Crippen LogP contribution in [0.1, 0.15) is 12.5 Å². The van der Waals surface area contributed by atoms with Crippen molar-refractivity contribution in [3.8, 4) is 11.5 Å². The number of rotatable bonds is 7. The number of thioether (sulfide) groups is 1. The van der Waals surface area contributed by atoms with Crippen LogP contribution in [-0.2, 0) is 0 Å². The van der Waals surface area contributed by atoms with Gasteiger partial charge in [0.1, 0.15) is 0 Å². The molecule has 26 heavy (non-hydrogen) atoms. The summed E-state index contributed by atoms with van der Waals surface area (Å²) in [6.07, 6.45) is 1.41. The molecule has 0 heterocycles. The van der Waals surface area contributed by atoms with Crippen LogP contribution >= 0.6 is 24.0 Å². The van der Waals surface area contributed by atoms with E-state index >= 15 is 0 Å².